The molecule has 0 aliphatic heterocycles. The third kappa shape index (κ3) is 2.94. The zero-order valence-electron chi connectivity index (χ0n) is 13.5. The molecule has 7 heteroatoms. The van der Waals surface area contributed by atoms with Gasteiger partial charge in [-0.3, -0.25) is 0 Å². The van der Waals surface area contributed by atoms with Crippen molar-refractivity contribution in [1.82, 2.24) is 5.16 Å². The molecule has 0 saturated heterocycles. The van der Waals surface area contributed by atoms with Gasteiger partial charge in [-0.05, 0) is 30.3 Å². The molecule has 0 fully saturated rings. The molecule has 0 spiro atoms. The lowest BCUT2D eigenvalue weighted by Gasteiger charge is -2.09. The lowest BCUT2D eigenvalue weighted by atomic mass is 10.0. The summed E-state index contributed by atoms with van der Waals surface area (Å²) in [5, 5.41) is 13.6. The summed E-state index contributed by atoms with van der Waals surface area (Å²) in [5.41, 5.74) is 0.623. The van der Waals surface area contributed by atoms with Crippen molar-refractivity contribution in [3.8, 4) is 34.1 Å². The lowest BCUT2D eigenvalue weighted by molar-refractivity contribution is 0.281. The Morgan fingerprint density at radius 1 is 1.08 bits per heavy atom. The molecule has 3 rings (SSSR count). The Kier molecular flexibility index (Phi) is 4.67. The predicted molar refractivity (Wildman–Crippen MR) is 86.3 cm³/mol. The summed E-state index contributed by atoms with van der Waals surface area (Å²) in [6.07, 6.45) is 0. The zero-order chi connectivity index (χ0) is 18.0. The average Bonchev–Trinajstić information content (AvgIpc) is 3.06. The van der Waals surface area contributed by atoms with E-state index in [9.17, 15) is 13.9 Å². The molecule has 0 unspecified atom stereocenters. The number of methoxy groups -OCH3 is 2. The number of aliphatic hydroxyl groups excluding tert-OH is 1. The summed E-state index contributed by atoms with van der Waals surface area (Å²) in [6, 6.07) is 8.73. The summed E-state index contributed by atoms with van der Waals surface area (Å²) in [7, 11) is 2.99. The van der Waals surface area contributed by atoms with Gasteiger partial charge in [-0.25, -0.2) is 8.78 Å². The van der Waals surface area contributed by atoms with E-state index in [1.165, 1.54) is 26.4 Å². The molecule has 2 aromatic carbocycles. The second-order valence-corrected chi connectivity index (χ2v) is 5.16. The molecule has 130 valence electrons. The van der Waals surface area contributed by atoms with Gasteiger partial charge in [0.05, 0.1) is 32.0 Å². The third-order valence-electron chi connectivity index (χ3n) is 3.80. The standard InChI is InChI=1S/C18H15F2NO4/c1-23-10-6-7-15(24-2)12(8-10)18-13(9-22)17(21-25-18)11-4-3-5-14(19)16(11)20/h3-8,22H,9H2,1-2H3. The minimum absolute atomic E-state index is 0.0272. The molecule has 0 saturated carbocycles. The molecule has 1 heterocycles. The van der Waals surface area contributed by atoms with Crippen molar-refractivity contribution in [2.75, 3.05) is 14.2 Å². The van der Waals surface area contributed by atoms with E-state index in [0.29, 0.717) is 17.1 Å². The van der Waals surface area contributed by atoms with Crippen molar-refractivity contribution in [3.63, 3.8) is 0 Å². The summed E-state index contributed by atoms with van der Waals surface area (Å²) >= 11 is 0. The average molecular weight is 347 g/mol. The van der Waals surface area contributed by atoms with Gasteiger partial charge in [-0.15, -0.1) is 0 Å². The van der Waals surface area contributed by atoms with Crippen LogP contribution in [0.15, 0.2) is 40.9 Å². The van der Waals surface area contributed by atoms with E-state index in [1.54, 1.807) is 18.2 Å². The highest BCUT2D eigenvalue weighted by atomic mass is 19.2. The highest BCUT2D eigenvalue weighted by Crippen LogP contribution is 2.39. The molecule has 0 radical (unpaired) electrons. The summed E-state index contributed by atoms with van der Waals surface area (Å²) in [4.78, 5) is 0. The van der Waals surface area contributed by atoms with Crippen molar-refractivity contribution in [3.05, 3.63) is 53.6 Å². The fourth-order valence-corrected chi connectivity index (χ4v) is 2.56. The van der Waals surface area contributed by atoms with E-state index < -0.39 is 18.2 Å². The number of ether oxygens (including phenoxy) is 2. The Morgan fingerprint density at radius 3 is 2.56 bits per heavy atom. The normalized spacial score (nSPS) is 10.8. The van der Waals surface area contributed by atoms with E-state index in [0.717, 1.165) is 6.07 Å². The Bertz CT molecular complexity index is 908. The molecule has 0 amide bonds. The molecule has 5 nitrogen and oxygen atoms in total. The van der Waals surface area contributed by atoms with Crippen molar-refractivity contribution < 1.29 is 27.9 Å². The first kappa shape index (κ1) is 16.9. The molecule has 0 atom stereocenters. The minimum Gasteiger partial charge on any atom is -0.497 e. The molecule has 0 aliphatic rings. The summed E-state index contributed by atoms with van der Waals surface area (Å²) < 4.78 is 43.4. The lowest BCUT2D eigenvalue weighted by Crippen LogP contribution is -1.95. The molecule has 25 heavy (non-hydrogen) atoms. The van der Waals surface area contributed by atoms with E-state index >= 15 is 0 Å². The van der Waals surface area contributed by atoms with Crippen LogP contribution in [0.2, 0.25) is 0 Å². The van der Waals surface area contributed by atoms with Crippen LogP contribution in [0.3, 0.4) is 0 Å². The zero-order valence-corrected chi connectivity index (χ0v) is 13.5. The number of hydrogen-bond acceptors (Lipinski definition) is 5. The largest absolute Gasteiger partial charge is 0.497 e. The van der Waals surface area contributed by atoms with Gasteiger partial charge in [0, 0.05) is 5.56 Å². The van der Waals surface area contributed by atoms with Crippen LogP contribution in [0.4, 0.5) is 8.78 Å². The van der Waals surface area contributed by atoms with E-state index in [2.05, 4.69) is 5.16 Å². The second-order valence-electron chi connectivity index (χ2n) is 5.16. The van der Waals surface area contributed by atoms with Gasteiger partial charge in [-0.1, -0.05) is 11.2 Å². The van der Waals surface area contributed by atoms with Crippen molar-refractivity contribution in [1.29, 1.82) is 0 Å². The maximum absolute atomic E-state index is 14.1. The summed E-state index contributed by atoms with van der Waals surface area (Å²) in [5.74, 6) is -0.885. The van der Waals surface area contributed by atoms with Crippen LogP contribution in [0.5, 0.6) is 11.5 Å². The highest BCUT2D eigenvalue weighted by Gasteiger charge is 2.24. The first-order chi connectivity index (χ1) is 12.1. The Hall–Kier alpha value is -2.93. The topological polar surface area (TPSA) is 64.7 Å². The molecular weight excluding hydrogens is 332 g/mol. The van der Waals surface area contributed by atoms with E-state index in [1.807, 2.05) is 0 Å². The quantitative estimate of drug-likeness (QED) is 0.761. The number of halogens is 2. The second kappa shape index (κ2) is 6.90. The van der Waals surface area contributed by atoms with E-state index in [4.69, 9.17) is 14.0 Å². The molecule has 0 bridgehead atoms. The predicted octanol–water partition coefficient (Wildman–Crippen LogP) is 3.80. The van der Waals surface area contributed by atoms with Crippen LogP contribution in [-0.4, -0.2) is 24.5 Å². The molecule has 3 aromatic rings. The fourth-order valence-electron chi connectivity index (χ4n) is 2.56. The van der Waals surface area contributed by atoms with Crippen molar-refractivity contribution >= 4 is 0 Å². The Labute approximate surface area is 142 Å². The maximum atomic E-state index is 14.1. The van der Waals surface area contributed by atoms with Crippen LogP contribution in [-0.2, 0) is 6.61 Å². The molecule has 1 aromatic heterocycles. The van der Waals surface area contributed by atoms with Crippen LogP contribution in [0.25, 0.3) is 22.6 Å². The SMILES string of the molecule is COc1ccc(OC)c(-c2onc(-c3cccc(F)c3F)c2CO)c1. The van der Waals surface area contributed by atoms with Crippen LogP contribution in [0, 0.1) is 11.6 Å². The van der Waals surface area contributed by atoms with Gasteiger partial charge in [0.2, 0.25) is 0 Å². The first-order valence-electron chi connectivity index (χ1n) is 7.36. The smallest absolute Gasteiger partial charge is 0.176 e. The van der Waals surface area contributed by atoms with Crippen LogP contribution >= 0.6 is 0 Å². The van der Waals surface area contributed by atoms with Gasteiger partial charge >= 0.3 is 0 Å². The number of aliphatic hydroxyl groups is 1. The van der Waals surface area contributed by atoms with Crippen molar-refractivity contribution in [2.45, 2.75) is 6.61 Å². The van der Waals surface area contributed by atoms with Gasteiger partial charge in [0.1, 0.15) is 17.2 Å². The maximum Gasteiger partial charge on any atom is 0.176 e. The van der Waals surface area contributed by atoms with Gasteiger partial charge < -0.3 is 19.1 Å². The van der Waals surface area contributed by atoms with E-state index in [-0.39, 0.29) is 22.6 Å². The van der Waals surface area contributed by atoms with Crippen LogP contribution < -0.4 is 9.47 Å². The highest BCUT2D eigenvalue weighted by molar-refractivity contribution is 5.76. The fraction of sp³-hybridized carbons (Fsp3) is 0.167. The Morgan fingerprint density at radius 2 is 1.88 bits per heavy atom. The molecule has 0 aliphatic carbocycles. The van der Waals surface area contributed by atoms with Crippen LogP contribution in [0.1, 0.15) is 5.56 Å². The number of benzene rings is 2. The monoisotopic (exact) mass is 347 g/mol. The van der Waals surface area contributed by atoms with Crippen molar-refractivity contribution in [2.24, 2.45) is 0 Å². The molecule has 1 N–H and O–H groups in total. The minimum atomic E-state index is -1.06. The Balaban J connectivity index is 2.21. The van der Waals surface area contributed by atoms with Gasteiger partial charge in [0.15, 0.2) is 17.4 Å². The number of rotatable bonds is 5. The van der Waals surface area contributed by atoms with Gasteiger partial charge in [0.25, 0.3) is 0 Å². The first-order valence-corrected chi connectivity index (χ1v) is 7.36. The summed E-state index contributed by atoms with van der Waals surface area (Å²) in [6.45, 7) is -0.482. The third-order valence-corrected chi connectivity index (χ3v) is 3.80. The number of aromatic nitrogens is 1. The number of hydrogen-bond donors (Lipinski definition) is 1. The molecular formula is C18H15F2NO4. The van der Waals surface area contributed by atoms with Gasteiger partial charge in [-0.2, -0.15) is 0 Å². The number of nitrogens with zero attached hydrogens (tertiary/aromatic N) is 1.